The number of rotatable bonds is 7. The molecule has 3 rings (SSSR count). The summed E-state index contributed by atoms with van der Waals surface area (Å²) in [6, 6.07) is 6.98. The molecule has 2 N–H and O–H groups in total. The fraction of sp³-hybridized carbons (Fsp3) is 0.500. The van der Waals surface area contributed by atoms with Gasteiger partial charge in [-0.1, -0.05) is 19.9 Å². The van der Waals surface area contributed by atoms with Gasteiger partial charge in [-0.15, -0.1) is 0 Å². The monoisotopic (exact) mass is 487 g/mol. The van der Waals surface area contributed by atoms with Gasteiger partial charge >= 0.3 is 12.4 Å². The van der Waals surface area contributed by atoms with Crippen molar-refractivity contribution in [2.24, 2.45) is 11.3 Å². The van der Waals surface area contributed by atoms with E-state index in [4.69, 9.17) is 0 Å². The smallest absolute Gasteiger partial charge is 0.352 e. The Hall–Kier alpha value is -2.62. The highest BCUT2D eigenvalue weighted by Crippen LogP contribution is 2.45. The number of alkyl halides is 6. The lowest BCUT2D eigenvalue weighted by atomic mass is 9.74. The minimum atomic E-state index is -4.93. The molecule has 2 aromatic rings. The minimum absolute atomic E-state index is 0.0422. The number of hydrogen-bond donors (Lipinski definition) is 2. The summed E-state index contributed by atoms with van der Waals surface area (Å²) in [4.78, 5) is 17.4. The largest absolute Gasteiger partial charge is 0.416 e. The van der Waals surface area contributed by atoms with Gasteiger partial charge in [0.2, 0.25) is 5.91 Å². The zero-order chi connectivity index (χ0) is 25.1. The SMILES string of the molecule is CC(C)[C@]1(C(=O)NCc2cc(C(F)(F)F)cc(C(F)(F)F)c2)CC[C@@H](NCc2ccccn2)C1. The molecule has 1 aliphatic carbocycles. The van der Waals surface area contributed by atoms with Crippen LogP contribution in [-0.4, -0.2) is 16.9 Å². The molecule has 0 bridgehead atoms. The normalized spacial score (nSPS) is 21.1. The van der Waals surface area contributed by atoms with Gasteiger partial charge in [0.05, 0.1) is 22.2 Å². The maximum absolute atomic E-state index is 13.2. The molecule has 1 aromatic heterocycles. The number of carbonyl (C=O) groups excluding carboxylic acids is 1. The number of pyridine rings is 1. The van der Waals surface area contributed by atoms with Crippen molar-refractivity contribution < 1.29 is 31.1 Å². The third-order valence-electron chi connectivity index (χ3n) is 6.51. The second-order valence-corrected chi connectivity index (χ2v) is 9.05. The molecule has 1 amide bonds. The second-order valence-electron chi connectivity index (χ2n) is 9.05. The first-order valence-electron chi connectivity index (χ1n) is 11.0. The van der Waals surface area contributed by atoms with Gasteiger partial charge in [-0.3, -0.25) is 9.78 Å². The number of halogens is 6. The Labute approximate surface area is 194 Å². The van der Waals surface area contributed by atoms with Crippen LogP contribution in [0.15, 0.2) is 42.6 Å². The van der Waals surface area contributed by atoms with Crippen LogP contribution in [0.1, 0.15) is 55.5 Å². The Morgan fingerprint density at radius 1 is 1.06 bits per heavy atom. The summed E-state index contributed by atoms with van der Waals surface area (Å²) < 4.78 is 78.7. The number of aromatic nitrogens is 1. The predicted octanol–water partition coefficient (Wildman–Crippen LogP) is 5.72. The van der Waals surface area contributed by atoms with Crippen LogP contribution < -0.4 is 10.6 Å². The fourth-order valence-electron chi connectivity index (χ4n) is 4.47. The Bertz CT molecular complexity index is 958. The number of amides is 1. The van der Waals surface area contributed by atoms with Gasteiger partial charge in [0.15, 0.2) is 0 Å². The van der Waals surface area contributed by atoms with Crippen LogP contribution >= 0.6 is 0 Å². The average molecular weight is 487 g/mol. The second kappa shape index (κ2) is 9.93. The van der Waals surface area contributed by atoms with Crippen LogP contribution in [0.4, 0.5) is 26.3 Å². The van der Waals surface area contributed by atoms with E-state index in [9.17, 15) is 31.1 Å². The molecule has 4 nitrogen and oxygen atoms in total. The van der Waals surface area contributed by atoms with Gasteiger partial charge < -0.3 is 10.6 Å². The summed E-state index contributed by atoms with van der Waals surface area (Å²) in [5.74, 6) is -0.433. The molecule has 1 fully saturated rings. The van der Waals surface area contributed by atoms with E-state index < -0.39 is 35.4 Å². The summed E-state index contributed by atoms with van der Waals surface area (Å²) in [5, 5.41) is 5.99. The van der Waals surface area contributed by atoms with Crippen molar-refractivity contribution in [1.82, 2.24) is 15.6 Å². The first kappa shape index (κ1) is 26.0. The maximum atomic E-state index is 13.2. The summed E-state index contributed by atoms with van der Waals surface area (Å²) in [5.41, 5.74) is -2.96. The van der Waals surface area contributed by atoms with Crippen LogP contribution in [0.2, 0.25) is 0 Å². The van der Waals surface area contributed by atoms with Crippen molar-refractivity contribution in [3.8, 4) is 0 Å². The highest BCUT2D eigenvalue weighted by atomic mass is 19.4. The standard InChI is InChI=1S/C24H27F6N3O/c1-15(2)22(7-6-19(12-22)32-14-20-5-3-4-8-31-20)21(34)33-13-16-9-17(23(25,26)27)11-18(10-16)24(28,29)30/h3-5,8-11,15,19,32H,6-7,12-14H2,1-2H3,(H,33,34)/t19-,22+/m1/s1. The van der Waals surface area contributed by atoms with Crippen molar-refractivity contribution in [2.75, 3.05) is 0 Å². The molecular formula is C24H27F6N3O. The summed E-state index contributed by atoms with van der Waals surface area (Å²) >= 11 is 0. The molecular weight excluding hydrogens is 460 g/mol. The van der Waals surface area contributed by atoms with Crippen LogP contribution in [0.5, 0.6) is 0 Å². The van der Waals surface area contributed by atoms with Crippen molar-refractivity contribution in [2.45, 2.75) is 64.6 Å². The van der Waals surface area contributed by atoms with Crippen LogP contribution in [0.3, 0.4) is 0 Å². The molecule has 10 heteroatoms. The Morgan fingerprint density at radius 2 is 1.71 bits per heavy atom. The van der Waals surface area contributed by atoms with E-state index in [1.54, 1.807) is 6.20 Å². The minimum Gasteiger partial charge on any atom is -0.352 e. The molecule has 0 unspecified atom stereocenters. The Balaban J connectivity index is 1.71. The van der Waals surface area contributed by atoms with Gasteiger partial charge in [-0.05, 0) is 61.1 Å². The van der Waals surface area contributed by atoms with Crippen molar-refractivity contribution >= 4 is 5.91 Å². The van der Waals surface area contributed by atoms with E-state index in [0.29, 0.717) is 31.5 Å². The predicted molar refractivity (Wildman–Crippen MR) is 114 cm³/mol. The van der Waals surface area contributed by atoms with Crippen molar-refractivity contribution in [1.29, 1.82) is 0 Å². The molecule has 2 atom stereocenters. The topological polar surface area (TPSA) is 54.0 Å². The van der Waals surface area contributed by atoms with Gasteiger partial charge in [-0.2, -0.15) is 26.3 Å². The molecule has 1 saturated carbocycles. The third kappa shape index (κ3) is 6.08. The zero-order valence-electron chi connectivity index (χ0n) is 18.9. The highest BCUT2D eigenvalue weighted by Gasteiger charge is 2.47. The van der Waals surface area contributed by atoms with E-state index in [1.165, 1.54) is 0 Å². The van der Waals surface area contributed by atoms with Gasteiger partial charge in [0.1, 0.15) is 0 Å². The average Bonchev–Trinajstić information content (AvgIpc) is 3.21. The number of nitrogens with zero attached hydrogens (tertiary/aromatic N) is 1. The molecule has 1 aromatic carbocycles. The quantitative estimate of drug-likeness (QED) is 0.492. The number of carbonyl (C=O) groups is 1. The molecule has 0 spiro atoms. The van der Waals surface area contributed by atoms with E-state index in [2.05, 4.69) is 15.6 Å². The first-order valence-corrected chi connectivity index (χ1v) is 11.0. The zero-order valence-corrected chi connectivity index (χ0v) is 18.9. The molecule has 0 saturated heterocycles. The van der Waals surface area contributed by atoms with E-state index in [0.717, 1.165) is 12.1 Å². The van der Waals surface area contributed by atoms with Crippen molar-refractivity contribution in [3.63, 3.8) is 0 Å². The van der Waals surface area contributed by atoms with Gasteiger partial charge in [-0.25, -0.2) is 0 Å². The fourth-order valence-corrected chi connectivity index (χ4v) is 4.47. The van der Waals surface area contributed by atoms with Crippen LogP contribution in [0.25, 0.3) is 0 Å². The summed E-state index contributed by atoms with van der Waals surface area (Å²) in [6.07, 6.45) is -6.38. The summed E-state index contributed by atoms with van der Waals surface area (Å²) in [7, 11) is 0. The number of benzene rings is 1. The van der Waals surface area contributed by atoms with Crippen LogP contribution in [-0.2, 0) is 30.2 Å². The van der Waals surface area contributed by atoms with Gasteiger partial charge in [0, 0.05) is 25.3 Å². The van der Waals surface area contributed by atoms with Crippen molar-refractivity contribution in [3.05, 3.63) is 65.0 Å². The lowest BCUT2D eigenvalue weighted by Gasteiger charge is -2.32. The maximum Gasteiger partial charge on any atom is 0.416 e. The molecule has 186 valence electrons. The summed E-state index contributed by atoms with van der Waals surface area (Å²) in [6.45, 7) is 3.90. The molecule has 1 aliphatic rings. The van der Waals surface area contributed by atoms with E-state index in [1.807, 2.05) is 32.0 Å². The number of nitrogens with one attached hydrogen (secondary N) is 2. The number of hydrogen-bond acceptors (Lipinski definition) is 3. The van der Waals surface area contributed by atoms with Gasteiger partial charge in [0.25, 0.3) is 0 Å². The molecule has 1 heterocycles. The molecule has 34 heavy (non-hydrogen) atoms. The molecule has 0 radical (unpaired) electrons. The Morgan fingerprint density at radius 3 is 2.24 bits per heavy atom. The van der Waals surface area contributed by atoms with E-state index in [-0.39, 0.29) is 29.5 Å². The first-order chi connectivity index (χ1) is 15.8. The lowest BCUT2D eigenvalue weighted by Crippen LogP contribution is -2.44. The third-order valence-corrected chi connectivity index (χ3v) is 6.51. The molecule has 0 aliphatic heterocycles. The van der Waals surface area contributed by atoms with Crippen LogP contribution in [0, 0.1) is 11.3 Å². The highest BCUT2D eigenvalue weighted by molar-refractivity contribution is 5.83. The lowest BCUT2D eigenvalue weighted by molar-refractivity contribution is -0.143. The Kier molecular flexibility index (Phi) is 7.59. The van der Waals surface area contributed by atoms with E-state index >= 15 is 0 Å².